The van der Waals surface area contributed by atoms with Crippen LogP contribution in [0.3, 0.4) is 0 Å². The highest BCUT2D eigenvalue weighted by Gasteiger charge is 2.18. The predicted octanol–water partition coefficient (Wildman–Crippen LogP) is 3.16. The van der Waals surface area contributed by atoms with E-state index in [0.717, 1.165) is 33.8 Å². The fourth-order valence-corrected chi connectivity index (χ4v) is 3.96. The van der Waals surface area contributed by atoms with E-state index in [1.165, 1.54) is 11.3 Å². The number of thiophene rings is 1. The van der Waals surface area contributed by atoms with Crippen molar-refractivity contribution in [1.82, 2.24) is 20.4 Å². The Morgan fingerprint density at radius 1 is 1.17 bits per heavy atom. The zero-order chi connectivity index (χ0) is 21.0. The first-order chi connectivity index (χ1) is 13.9. The van der Waals surface area contributed by atoms with Crippen molar-refractivity contribution >= 4 is 33.4 Å². The number of carbonyl (C=O) groups excluding carboxylic acids is 2. The molecule has 0 spiro atoms. The number of methoxy groups -OCH3 is 1. The lowest BCUT2D eigenvalue weighted by Crippen LogP contribution is -2.36. The van der Waals surface area contributed by atoms with Crippen LogP contribution in [-0.2, 0) is 11.2 Å². The van der Waals surface area contributed by atoms with Gasteiger partial charge in [0.15, 0.2) is 0 Å². The van der Waals surface area contributed by atoms with Gasteiger partial charge in [-0.05, 0) is 36.8 Å². The van der Waals surface area contributed by atoms with Crippen molar-refractivity contribution < 1.29 is 14.3 Å². The SMILES string of the molecule is CCc1nn(-c2ccc(OC)cc2)c2sc(C(=O)NCCNC(=O)C(C)C)cc12. The van der Waals surface area contributed by atoms with Crippen molar-refractivity contribution in [1.29, 1.82) is 0 Å². The standard InChI is InChI=1S/C21H26N4O3S/c1-5-17-16-12-18(20(27)23-11-10-22-19(26)13(2)3)29-21(16)25(24-17)14-6-8-15(28-4)9-7-14/h6-9,12-13H,5,10-11H2,1-4H3,(H,22,26)(H,23,27). The largest absolute Gasteiger partial charge is 0.497 e. The molecule has 0 aliphatic rings. The van der Waals surface area contributed by atoms with Crippen LogP contribution in [0.15, 0.2) is 30.3 Å². The number of nitrogens with zero attached hydrogens (tertiary/aromatic N) is 2. The number of rotatable bonds is 8. The maximum absolute atomic E-state index is 12.6. The molecule has 154 valence electrons. The molecule has 29 heavy (non-hydrogen) atoms. The van der Waals surface area contributed by atoms with Gasteiger partial charge in [0.25, 0.3) is 5.91 Å². The van der Waals surface area contributed by atoms with Gasteiger partial charge in [0.2, 0.25) is 5.91 Å². The van der Waals surface area contributed by atoms with Crippen LogP contribution in [0.5, 0.6) is 5.75 Å². The zero-order valence-electron chi connectivity index (χ0n) is 17.1. The summed E-state index contributed by atoms with van der Waals surface area (Å²) in [6.45, 7) is 6.52. The molecule has 0 aliphatic carbocycles. The predicted molar refractivity (Wildman–Crippen MR) is 115 cm³/mol. The summed E-state index contributed by atoms with van der Waals surface area (Å²) in [6, 6.07) is 9.57. The second-order valence-corrected chi connectivity index (χ2v) is 7.97. The van der Waals surface area contributed by atoms with Crippen LogP contribution in [0, 0.1) is 5.92 Å². The highest BCUT2D eigenvalue weighted by molar-refractivity contribution is 7.20. The third kappa shape index (κ3) is 4.59. The van der Waals surface area contributed by atoms with Crippen LogP contribution in [0.25, 0.3) is 15.9 Å². The lowest BCUT2D eigenvalue weighted by Gasteiger charge is -2.08. The Balaban J connectivity index is 1.77. The number of aromatic nitrogens is 2. The molecule has 8 heteroatoms. The van der Waals surface area contributed by atoms with E-state index in [9.17, 15) is 9.59 Å². The van der Waals surface area contributed by atoms with E-state index in [4.69, 9.17) is 9.84 Å². The molecule has 0 unspecified atom stereocenters. The normalized spacial score (nSPS) is 11.1. The highest BCUT2D eigenvalue weighted by atomic mass is 32.1. The van der Waals surface area contributed by atoms with Gasteiger partial charge in [0.1, 0.15) is 10.6 Å². The average molecular weight is 415 g/mol. The molecular weight excluding hydrogens is 388 g/mol. The molecule has 7 nitrogen and oxygen atoms in total. The van der Waals surface area contributed by atoms with Crippen LogP contribution in [0.2, 0.25) is 0 Å². The van der Waals surface area contributed by atoms with Gasteiger partial charge < -0.3 is 15.4 Å². The molecule has 2 heterocycles. The monoisotopic (exact) mass is 414 g/mol. The summed E-state index contributed by atoms with van der Waals surface area (Å²) in [7, 11) is 1.63. The number of hydrogen-bond donors (Lipinski definition) is 2. The van der Waals surface area contributed by atoms with E-state index in [2.05, 4.69) is 17.6 Å². The van der Waals surface area contributed by atoms with Crippen LogP contribution in [0.1, 0.15) is 36.1 Å². The van der Waals surface area contributed by atoms with E-state index in [1.54, 1.807) is 7.11 Å². The molecule has 3 rings (SSSR count). The van der Waals surface area contributed by atoms with E-state index in [-0.39, 0.29) is 17.7 Å². The summed E-state index contributed by atoms with van der Waals surface area (Å²) in [6.07, 6.45) is 0.776. The minimum atomic E-state index is -0.145. The molecular formula is C21H26N4O3S. The maximum atomic E-state index is 12.6. The number of benzene rings is 1. The number of hydrogen-bond acceptors (Lipinski definition) is 5. The summed E-state index contributed by atoms with van der Waals surface area (Å²) in [5.41, 5.74) is 1.87. The second-order valence-electron chi connectivity index (χ2n) is 6.94. The molecule has 0 atom stereocenters. The van der Waals surface area contributed by atoms with E-state index < -0.39 is 0 Å². The van der Waals surface area contributed by atoms with Gasteiger partial charge in [0, 0.05) is 24.4 Å². The first-order valence-electron chi connectivity index (χ1n) is 9.66. The van der Waals surface area contributed by atoms with Crippen molar-refractivity contribution in [3.8, 4) is 11.4 Å². The Kier molecular flexibility index (Phi) is 6.53. The molecule has 0 radical (unpaired) electrons. The van der Waals surface area contributed by atoms with Gasteiger partial charge in [-0.25, -0.2) is 4.68 Å². The van der Waals surface area contributed by atoms with Crippen molar-refractivity contribution in [3.05, 3.63) is 40.9 Å². The molecule has 2 aromatic heterocycles. The van der Waals surface area contributed by atoms with Crippen molar-refractivity contribution in [2.75, 3.05) is 20.2 Å². The van der Waals surface area contributed by atoms with Crippen LogP contribution < -0.4 is 15.4 Å². The molecule has 2 N–H and O–H groups in total. The summed E-state index contributed by atoms with van der Waals surface area (Å²) in [4.78, 5) is 25.7. The Labute approximate surface area is 174 Å². The Bertz CT molecular complexity index is 1010. The van der Waals surface area contributed by atoms with E-state index in [0.29, 0.717) is 18.0 Å². The number of amides is 2. The summed E-state index contributed by atoms with van der Waals surface area (Å²) < 4.78 is 7.10. The fourth-order valence-electron chi connectivity index (χ4n) is 2.89. The fraction of sp³-hybridized carbons (Fsp3) is 0.381. The molecule has 0 aliphatic heterocycles. The lowest BCUT2D eigenvalue weighted by atomic mass is 10.2. The van der Waals surface area contributed by atoms with Gasteiger partial charge in [-0.2, -0.15) is 5.10 Å². The smallest absolute Gasteiger partial charge is 0.261 e. The van der Waals surface area contributed by atoms with Crippen LogP contribution in [0.4, 0.5) is 0 Å². The molecule has 1 aromatic carbocycles. The quantitative estimate of drug-likeness (QED) is 0.555. The number of nitrogens with one attached hydrogen (secondary N) is 2. The topological polar surface area (TPSA) is 85.2 Å². The lowest BCUT2D eigenvalue weighted by molar-refractivity contribution is -0.123. The molecule has 0 bridgehead atoms. The Morgan fingerprint density at radius 2 is 1.86 bits per heavy atom. The first-order valence-corrected chi connectivity index (χ1v) is 10.5. The summed E-state index contributed by atoms with van der Waals surface area (Å²) >= 11 is 1.41. The summed E-state index contributed by atoms with van der Waals surface area (Å²) in [5.74, 6) is 0.548. The molecule has 0 saturated heterocycles. The first kappa shape index (κ1) is 20.9. The van der Waals surface area contributed by atoms with Gasteiger partial charge in [-0.15, -0.1) is 11.3 Å². The number of carbonyl (C=O) groups is 2. The number of fused-ring (bicyclic) bond motifs is 1. The third-order valence-electron chi connectivity index (χ3n) is 4.55. The van der Waals surface area contributed by atoms with Crippen molar-refractivity contribution in [2.24, 2.45) is 5.92 Å². The molecule has 3 aromatic rings. The zero-order valence-corrected chi connectivity index (χ0v) is 17.9. The van der Waals surface area contributed by atoms with Crippen molar-refractivity contribution in [3.63, 3.8) is 0 Å². The van der Waals surface area contributed by atoms with Gasteiger partial charge >= 0.3 is 0 Å². The Hall–Kier alpha value is -2.87. The molecule has 2 amide bonds. The highest BCUT2D eigenvalue weighted by Crippen LogP contribution is 2.31. The second kappa shape index (κ2) is 9.09. The maximum Gasteiger partial charge on any atom is 0.261 e. The number of ether oxygens (including phenoxy) is 1. The van der Waals surface area contributed by atoms with Crippen LogP contribution >= 0.6 is 11.3 Å². The van der Waals surface area contributed by atoms with Gasteiger partial charge in [0.05, 0.1) is 23.4 Å². The van der Waals surface area contributed by atoms with Crippen LogP contribution in [-0.4, -0.2) is 41.8 Å². The van der Waals surface area contributed by atoms with Gasteiger partial charge in [-0.3, -0.25) is 9.59 Å². The molecule has 0 fully saturated rings. The minimum absolute atomic E-state index is 0.0201. The average Bonchev–Trinajstić information content (AvgIpc) is 3.30. The minimum Gasteiger partial charge on any atom is -0.497 e. The van der Waals surface area contributed by atoms with E-state index >= 15 is 0 Å². The van der Waals surface area contributed by atoms with E-state index in [1.807, 2.05) is 48.9 Å². The van der Waals surface area contributed by atoms with Gasteiger partial charge in [-0.1, -0.05) is 20.8 Å². The Morgan fingerprint density at radius 3 is 2.48 bits per heavy atom. The summed E-state index contributed by atoms with van der Waals surface area (Å²) in [5, 5.41) is 11.4. The number of aryl methyl sites for hydroxylation is 1. The van der Waals surface area contributed by atoms with Crippen molar-refractivity contribution in [2.45, 2.75) is 27.2 Å². The molecule has 0 saturated carbocycles. The third-order valence-corrected chi connectivity index (χ3v) is 5.66.